The number of ether oxygens (including phenoxy) is 2. The molecule has 3 amide bonds. The van der Waals surface area contributed by atoms with Crippen LogP contribution in [0.5, 0.6) is 11.5 Å². The van der Waals surface area contributed by atoms with Gasteiger partial charge in [0.05, 0.1) is 11.5 Å². The lowest BCUT2D eigenvalue weighted by Gasteiger charge is -2.16. The second-order valence-electron chi connectivity index (χ2n) is 8.95. The third-order valence-electron chi connectivity index (χ3n) is 6.03. The van der Waals surface area contributed by atoms with Crippen molar-refractivity contribution in [3.8, 4) is 11.5 Å². The third-order valence-corrected chi connectivity index (χ3v) is 7.39. The number of benzene rings is 3. The zero-order valence-electron chi connectivity index (χ0n) is 22.1. The summed E-state index contributed by atoms with van der Waals surface area (Å²) in [5.41, 5.74) is 1.55. The van der Waals surface area contributed by atoms with Gasteiger partial charge >= 0.3 is 0 Å². The van der Waals surface area contributed by atoms with E-state index in [1.54, 1.807) is 78.9 Å². The van der Waals surface area contributed by atoms with E-state index < -0.39 is 11.8 Å². The summed E-state index contributed by atoms with van der Waals surface area (Å²) in [4.78, 5) is 39.9. The number of furan rings is 1. The van der Waals surface area contributed by atoms with Gasteiger partial charge < -0.3 is 29.8 Å². The van der Waals surface area contributed by atoms with Gasteiger partial charge in [-0.05, 0) is 61.0 Å². The summed E-state index contributed by atoms with van der Waals surface area (Å²) in [6.45, 7) is 2.09. The van der Waals surface area contributed by atoms with E-state index in [0.717, 1.165) is 4.90 Å². The largest absolute Gasteiger partial charge is 0.465 e. The highest BCUT2D eigenvalue weighted by Gasteiger charge is 2.21. The number of anilines is 2. The third kappa shape index (κ3) is 7.17. The molecule has 1 aliphatic rings. The number of nitrogens with one attached hydrogen (secondary N) is 3. The van der Waals surface area contributed by atoms with Crippen LogP contribution in [0.4, 0.5) is 11.4 Å². The first-order valence-corrected chi connectivity index (χ1v) is 13.8. The normalized spacial score (nSPS) is 12.9. The molecule has 0 saturated heterocycles. The molecule has 9 nitrogen and oxygen atoms in total. The summed E-state index contributed by atoms with van der Waals surface area (Å²) in [6, 6.07) is 24.4. The Kier molecular flexibility index (Phi) is 8.70. The van der Waals surface area contributed by atoms with E-state index in [4.69, 9.17) is 13.9 Å². The second kappa shape index (κ2) is 12.9. The van der Waals surface area contributed by atoms with Gasteiger partial charge in [0.15, 0.2) is 11.5 Å². The zero-order valence-corrected chi connectivity index (χ0v) is 22.9. The molecule has 1 aromatic heterocycles. The number of hydrogen-bond acceptors (Lipinski definition) is 7. The van der Waals surface area contributed by atoms with Crippen LogP contribution < -0.4 is 25.4 Å². The van der Waals surface area contributed by atoms with Gasteiger partial charge in [0, 0.05) is 34.0 Å². The highest BCUT2D eigenvalue weighted by molar-refractivity contribution is 8.00. The van der Waals surface area contributed by atoms with Gasteiger partial charge in [0.2, 0.25) is 12.7 Å². The highest BCUT2D eigenvalue weighted by atomic mass is 32.2. The van der Waals surface area contributed by atoms with Crippen molar-refractivity contribution in [3.63, 3.8) is 0 Å². The molecule has 0 spiro atoms. The average Bonchev–Trinajstić information content (AvgIpc) is 3.68. The van der Waals surface area contributed by atoms with E-state index in [1.165, 1.54) is 24.1 Å². The summed E-state index contributed by atoms with van der Waals surface area (Å²) in [6.07, 6.45) is 3.52. The van der Waals surface area contributed by atoms with Crippen LogP contribution in [0.2, 0.25) is 0 Å². The summed E-state index contributed by atoms with van der Waals surface area (Å²) in [7, 11) is 0. The lowest BCUT2D eigenvalue weighted by molar-refractivity contribution is -0.116. The molecule has 1 aliphatic heterocycles. The molecule has 4 aromatic rings. The van der Waals surface area contributed by atoms with Gasteiger partial charge in [-0.3, -0.25) is 14.4 Å². The Bertz CT molecular complexity index is 1570. The van der Waals surface area contributed by atoms with Crippen molar-refractivity contribution >= 4 is 46.9 Å². The first-order chi connectivity index (χ1) is 20.0. The standard InChI is InChI=1S/C31H27N3O6S/c1-2-28(31(37)33-22-13-14-26-27(17-22)40-19-39-26)41-24-12-6-10-21(16-24)32-30(36)25(18-23-11-7-15-38-23)34-29(35)20-8-4-3-5-9-20/h3-18,28H,2,19H2,1H3,(H,32,36)(H,33,37)(H,34,35)/b25-18-. The van der Waals surface area contributed by atoms with E-state index in [1.807, 2.05) is 13.0 Å². The summed E-state index contributed by atoms with van der Waals surface area (Å²) in [5, 5.41) is 8.06. The fraction of sp³-hybridized carbons (Fsp3) is 0.129. The predicted octanol–water partition coefficient (Wildman–Crippen LogP) is 5.93. The Morgan fingerprint density at radius 1 is 0.878 bits per heavy atom. The number of amides is 3. The summed E-state index contributed by atoms with van der Waals surface area (Å²) >= 11 is 1.38. The van der Waals surface area contributed by atoms with Gasteiger partial charge in [0.1, 0.15) is 11.5 Å². The molecule has 41 heavy (non-hydrogen) atoms. The van der Waals surface area contributed by atoms with E-state index >= 15 is 0 Å². The first kappa shape index (κ1) is 27.6. The van der Waals surface area contributed by atoms with E-state index in [2.05, 4.69) is 16.0 Å². The van der Waals surface area contributed by atoms with Crippen molar-refractivity contribution in [3.05, 3.63) is 108 Å². The molecular weight excluding hydrogens is 542 g/mol. The molecule has 5 rings (SSSR count). The van der Waals surface area contributed by atoms with Crippen LogP contribution in [0, 0.1) is 0 Å². The molecular formula is C31H27N3O6S. The topological polar surface area (TPSA) is 119 Å². The maximum Gasteiger partial charge on any atom is 0.272 e. The minimum Gasteiger partial charge on any atom is -0.465 e. The monoisotopic (exact) mass is 569 g/mol. The Hall–Kier alpha value is -4.96. The van der Waals surface area contributed by atoms with Crippen LogP contribution in [0.25, 0.3) is 6.08 Å². The Balaban J connectivity index is 1.26. The van der Waals surface area contributed by atoms with Crippen LogP contribution >= 0.6 is 11.8 Å². The van der Waals surface area contributed by atoms with Crippen LogP contribution in [-0.4, -0.2) is 29.8 Å². The van der Waals surface area contributed by atoms with Crippen LogP contribution in [-0.2, 0) is 9.59 Å². The number of carbonyl (C=O) groups is 3. The molecule has 0 aliphatic carbocycles. The van der Waals surface area contributed by atoms with Crippen molar-refractivity contribution in [1.29, 1.82) is 0 Å². The molecule has 3 aromatic carbocycles. The first-order valence-electron chi connectivity index (χ1n) is 12.9. The molecule has 1 unspecified atom stereocenters. The highest BCUT2D eigenvalue weighted by Crippen LogP contribution is 2.35. The average molecular weight is 570 g/mol. The molecule has 10 heteroatoms. The summed E-state index contributed by atoms with van der Waals surface area (Å²) in [5.74, 6) is 0.533. The van der Waals surface area contributed by atoms with E-state index in [9.17, 15) is 14.4 Å². The number of fused-ring (bicyclic) bond motifs is 1. The predicted molar refractivity (Wildman–Crippen MR) is 157 cm³/mol. The lowest BCUT2D eigenvalue weighted by Crippen LogP contribution is -2.30. The van der Waals surface area contributed by atoms with Crippen molar-refractivity contribution in [2.24, 2.45) is 0 Å². The molecule has 1 atom stereocenters. The Labute approximate surface area is 240 Å². The molecule has 3 N–H and O–H groups in total. The molecule has 0 fully saturated rings. The minimum absolute atomic E-state index is 0.0152. The number of rotatable bonds is 10. The van der Waals surface area contributed by atoms with E-state index in [0.29, 0.717) is 40.6 Å². The SMILES string of the molecule is CCC(Sc1cccc(NC(=O)/C(=C/c2ccco2)NC(=O)c2ccccc2)c1)C(=O)Nc1ccc2c(c1)OCO2. The molecule has 2 heterocycles. The molecule has 208 valence electrons. The Morgan fingerprint density at radius 2 is 1.68 bits per heavy atom. The minimum atomic E-state index is -0.527. The number of hydrogen-bond donors (Lipinski definition) is 3. The van der Waals surface area contributed by atoms with Gasteiger partial charge in [-0.2, -0.15) is 0 Å². The van der Waals surface area contributed by atoms with Crippen LogP contribution in [0.3, 0.4) is 0 Å². The van der Waals surface area contributed by atoms with Gasteiger partial charge in [-0.15, -0.1) is 11.8 Å². The van der Waals surface area contributed by atoms with E-state index in [-0.39, 0.29) is 23.6 Å². The van der Waals surface area contributed by atoms with Crippen molar-refractivity contribution in [2.45, 2.75) is 23.5 Å². The maximum atomic E-state index is 13.3. The van der Waals surface area contributed by atoms with Crippen molar-refractivity contribution < 1.29 is 28.3 Å². The lowest BCUT2D eigenvalue weighted by atomic mass is 10.2. The van der Waals surface area contributed by atoms with Crippen molar-refractivity contribution in [2.75, 3.05) is 17.4 Å². The van der Waals surface area contributed by atoms with Gasteiger partial charge in [-0.25, -0.2) is 0 Å². The zero-order chi connectivity index (χ0) is 28.6. The smallest absolute Gasteiger partial charge is 0.272 e. The fourth-order valence-electron chi connectivity index (χ4n) is 3.99. The number of thioether (sulfide) groups is 1. The van der Waals surface area contributed by atoms with Crippen LogP contribution in [0.1, 0.15) is 29.5 Å². The van der Waals surface area contributed by atoms with Crippen LogP contribution in [0.15, 0.2) is 106 Å². The molecule has 0 radical (unpaired) electrons. The van der Waals surface area contributed by atoms with Gasteiger partial charge in [-0.1, -0.05) is 31.2 Å². The molecule has 0 bridgehead atoms. The number of carbonyl (C=O) groups excluding carboxylic acids is 3. The summed E-state index contributed by atoms with van der Waals surface area (Å²) < 4.78 is 16.1. The quantitative estimate of drug-likeness (QED) is 0.160. The van der Waals surface area contributed by atoms with Crippen molar-refractivity contribution in [1.82, 2.24) is 5.32 Å². The second-order valence-corrected chi connectivity index (χ2v) is 10.2. The Morgan fingerprint density at radius 3 is 2.46 bits per heavy atom. The van der Waals surface area contributed by atoms with Gasteiger partial charge in [0.25, 0.3) is 11.8 Å². The molecule has 0 saturated carbocycles. The fourth-order valence-corrected chi connectivity index (χ4v) is 5.00. The maximum absolute atomic E-state index is 13.3.